The van der Waals surface area contributed by atoms with E-state index in [-0.39, 0.29) is 11.8 Å². The first-order valence-electron chi connectivity index (χ1n) is 7.84. The van der Waals surface area contributed by atoms with Gasteiger partial charge in [-0.1, -0.05) is 12.1 Å². The number of esters is 1. The number of nitrogens with two attached hydrogens (primary N) is 2. The Labute approximate surface area is 146 Å². The molecular weight excluding hydrogens is 320 g/mol. The molecule has 25 heavy (non-hydrogen) atoms. The van der Waals surface area contributed by atoms with Crippen molar-refractivity contribution in [2.45, 2.75) is 12.8 Å². The third kappa shape index (κ3) is 5.85. The van der Waals surface area contributed by atoms with Crippen molar-refractivity contribution in [3.8, 4) is 5.75 Å². The summed E-state index contributed by atoms with van der Waals surface area (Å²) >= 11 is 0. The van der Waals surface area contributed by atoms with Crippen LogP contribution in [0.2, 0.25) is 0 Å². The number of ether oxygens (including phenoxy) is 1. The highest BCUT2D eigenvalue weighted by Crippen LogP contribution is 2.30. The first kappa shape index (κ1) is 18.3. The number of rotatable bonds is 7. The summed E-state index contributed by atoms with van der Waals surface area (Å²) in [5.74, 6) is 0.534. The number of hydrogen-bond acceptors (Lipinski definition) is 8. The molecule has 1 heterocycles. The molecule has 0 spiro atoms. The van der Waals surface area contributed by atoms with Crippen LogP contribution in [0, 0.1) is 0 Å². The quantitative estimate of drug-likeness (QED) is 0.453. The molecule has 1 aromatic carbocycles. The van der Waals surface area contributed by atoms with Gasteiger partial charge >= 0.3 is 5.97 Å². The van der Waals surface area contributed by atoms with Gasteiger partial charge in [-0.05, 0) is 51.3 Å². The van der Waals surface area contributed by atoms with Gasteiger partial charge in [-0.2, -0.15) is 0 Å². The van der Waals surface area contributed by atoms with Crippen LogP contribution in [0.5, 0.6) is 5.75 Å². The van der Waals surface area contributed by atoms with Crippen LogP contribution in [0.1, 0.15) is 12.8 Å². The summed E-state index contributed by atoms with van der Waals surface area (Å²) in [6, 6.07) is 10.1. The number of carbonyl (C=O) groups is 1. The molecule has 0 unspecified atom stereocenters. The van der Waals surface area contributed by atoms with E-state index in [1.54, 1.807) is 36.4 Å². The molecule has 0 radical (unpaired) electrons. The summed E-state index contributed by atoms with van der Waals surface area (Å²) in [5, 5.41) is 8.16. The fourth-order valence-corrected chi connectivity index (χ4v) is 2.01. The maximum Gasteiger partial charge on any atom is 0.311 e. The van der Waals surface area contributed by atoms with Crippen molar-refractivity contribution < 1.29 is 9.53 Å². The minimum Gasteiger partial charge on any atom is -0.424 e. The Morgan fingerprint density at radius 2 is 1.84 bits per heavy atom. The average Bonchev–Trinajstić information content (AvgIpc) is 2.55. The van der Waals surface area contributed by atoms with Crippen LogP contribution in [-0.4, -0.2) is 36.5 Å². The summed E-state index contributed by atoms with van der Waals surface area (Å²) in [7, 11) is 3.91. The van der Waals surface area contributed by atoms with E-state index in [2.05, 4.69) is 15.2 Å². The first-order chi connectivity index (χ1) is 12.0. The van der Waals surface area contributed by atoms with Gasteiger partial charge in [0, 0.05) is 6.42 Å². The molecule has 8 nitrogen and oxygen atoms in total. The highest BCUT2D eigenvalue weighted by molar-refractivity contribution is 5.74. The second-order valence-corrected chi connectivity index (χ2v) is 5.69. The van der Waals surface area contributed by atoms with E-state index >= 15 is 0 Å². The molecule has 0 atom stereocenters. The number of hydrogen-bond donors (Lipinski definition) is 2. The van der Waals surface area contributed by atoms with Gasteiger partial charge in [0.1, 0.15) is 17.2 Å². The van der Waals surface area contributed by atoms with Gasteiger partial charge in [-0.15, -0.1) is 10.2 Å². The van der Waals surface area contributed by atoms with Crippen LogP contribution in [0.4, 0.5) is 23.0 Å². The van der Waals surface area contributed by atoms with E-state index in [0.29, 0.717) is 29.4 Å². The Bertz CT molecular complexity index is 761. The topological polar surface area (TPSA) is 119 Å². The van der Waals surface area contributed by atoms with Gasteiger partial charge in [0.25, 0.3) is 0 Å². The number of anilines is 2. The van der Waals surface area contributed by atoms with Crippen molar-refractivity contribution in [3.63, 3.8) is 0 Å². The normalized spacial score (nSPS) is 11.2. The second-order valence-electron chi connectivity index (χ2n) is 5.69. The lowest BCUT2D eigenvalue weighted by Crippen LogP contribution is -2.16. The van der Waals surface area contributed by atoms with E-state index < -0.39 is 0 Å². The maximum atomic E-state index is 12.0. The largest absolute Gasteiger partial charge is 0.424 e. The van der Waals surface area contributed by atoms with Crippen LogP contribution in [0.3, 0.4) is 0 Å². The molecule has 0 saturated heterocycles. The summed E-state index contributed by atoms with van der Waals surface area (Å²) in [4.78, 5) is 17.9. The van der Waals surface area contributed by atoms with Gasteiger partial charge < -0.3 is 21.1 Å². The average molecular weight is 342 g/mol. The summed E-state index contributed by atoms with van der Waals surface area (Å²) in [5.41, 5.74) is 12.1. The summed E-state index contributed by atoms with van der Waals surface area (Å²) in [6.07, 6.45) is 1.06. The predicted octanol–water partition coefficient (Wildman–Crippen LogP) is 2.91. The maximum absolute atomic E-state index is 12.0. The number of nitrogens with zero attached hydrogens (tertiary/aromatic N) is 4. The Kier molecular flexibility index (Phi) is 6.41. The number of benzene rings is 1. The molecule has 2 rings (SSSR count). The smallest absolute Gasteiger partial charge is 0.311 e. The Morgan fingerprint density at radius 3 is 2.56 bits per heavy atom. The molecule has 1 aromatic heterocycles. The molecule has 0 bridgehead atoms. The number of carbonyl (C=O) groups excluding carboxylic acids is 1. The van der Waals surface area contributed by atoms with Gasteiger partial charge in [0.15, 0.2) is 11.6 Å². The molecule has 2 aromatic rings. The Hall–Kier alpha value is -3.00. The molecule has 8 heteroatoms. The van der Waals surface area contributed by atoms with Crippen molar-refractivity contribution in [1.29, 1.82) is 0 Å². The number of pyridine rings is 1. The number of azo groups is 1. The molecule has 0 fully saturated rings. The highest BCUT2D eigenvalue weighted by Gasteiger charge is 2.09. The number of nitrogen functional groups attached to an aromatic ring is 2. The van der Waals surface area contributed by atoms with E-state index in [0.717, 1.165) is 13.0 Å². The molecule has 0 amide bonds. The van der Waals surface area contributed by atoms with E-state index in [4.69, 9.17) is 16.2 Å². The SMILES string of the molecule is CN(C)CCCC(=O)Oc1ccccc1/N=N/c1ccc(N)nc1N. The van der Waals surface area contributed by atoms with E-state index in [1.807, 2.05) is 19.0 Å². The van der Waals surface area contributed by atoms with Crippen LogP contribution in [-0.2, 0) is 4.79 Å². The van der Waals surface area contributed by atoms with Gasteiger partial charge in [-0.25, -0.2) is 4.98 Å². The van der Waals surface area contributed by atoms with Gasteiger partial charge in [-0.3, -0.25) is 4.79 Å². The van der Waals surface area contributed by atoms with Crippen LogP contribution in [0.15, 0.2) is 46.6 Å². The van der Waals surface area contributed by atoms with Gasteiger partial charge in [0.2, 0.25) is 0 Å². The molecule has 0 aliphatic rings. The fourth-order valence-electron chi connectivity index (χ4n) is 2.01. The number of para-hydroxylation sites is 1. The summed E-state index contributed by atoms with van der Waals surface area (Å²) < 4.78 is 5.39. The van der Waals surface area contributed by atoms with E-state index in [9.17, 15) is 4.79 Å². The zero-order valence-electron chi connectivity index (χ0n) is 14.3. The highest BCUT2D eigenvalue weighted by atomic mass is 16.5. The molecular formula is C17H22N6O2. The summed E-state index contributed by atoms with van der Waals surface area (Å²) in [6.45, 7) is 0.819. The van der Waals surface area contributed by atoms with Crippen molar-refractivity contribution >= 4 is 29.0 Å². The lowest BCUT2D eigenvalue weighted by Gasteiger charge is -2.09. The molecule has 132 valence electrons. The van der Waals surface area contributed by atoms with Crippen LogP contribution in [0.25, 0.3) is 0 Å². The lowest BCUT2D eigenvalue weighted by molar-refractivity contribution is -0.134. The molecule has 0 aliphatic carbocycles. The third-order valence-electron chi connectivity index (χ3n) is 3.26. The van der Waals surface area contributed by atoms with Gasteiger partial charge in [0.05, 0.1) is 0 Å². The van der Waals surface area contributed by atoms with Crippen molar-refractivity contribution in [3.05, 3.63) is 36.4 Å². The first-order valence-corrected chi connectivity index (χ1v) is 7.84. The zero-order valence-corrected chi connectivity index (χ0v) is 14.3. The van der Waals surface area contributed by atoms with Crippen LogP contribution < -0.4 is 16.2 Å². The molecule has 0 saturated carbocycles. The number of aromatic nitrogens is 1. The molecule has 0 aliphatic heterocycles. The zero-order chi connectivity index (χ0) is 18.2. The van der Waals surface area contributed by atoms with Crippen molar-refractivity contribution in [1.82, 2.24) is 9.88 Å². The van der Waals surface area contributed by atoms with Crippen molar-refractivity contribution in [2.75, 3.05) is 32.1 Å². The minimum atomic E-state index is -0.307. The van der Waals surface area contributed by atoms with Crippen LogP contribution >= 0.6 is 0 Å². The minimum absolute atomic E-state index is 0.182. The van der Waals surface area contributed by atoms with E-state index in [1.165, 1.54) is 0 Å². The fraction of sp³-hybridized carbons (Fsp3) is 0.294. The predicted molar refractivity (Wildman–Crippen MR) is 97.1 cm³/mol. The lowest BCUT2D eigenvalue weighted by atomic mass is 10.3. The third-order valence-corrected chi connectivity index (χ3v) is 3.26. The Morgan fingerprint density at radius 1 is 1.12 bits per heavy atom. The molecule has 4 N–H and O–H groups in total. The standard InChI is InChI=1S/C17H22N6O2/c1-23(2)11-5-8-16(24)25-14-7-4-3-6-12(14)21-22-13-9-10-15(18)20-17(13)19/h3-4,6-7,9-10H,5,8,11H2,1-2H3,(H4,18,19,20)/b22-21+. The second kappa shape index (κ2) is 8.74. The monoisotopic (exact) mass is 342 g/mol. The Balaban J connectivity index is 2.07. The van der Waals surface area contributed by atoms with Crippen molar-refractivity contribution in [2.24, 2.45) is 10.2 Å².